The second kappa shape index (κ2) is 7.36. The molecule has 20 heavy (non-hydrogen) atoms. The summed E-state index contributed by atoms with van der Waals surface area (Å²) >= 11 is 6.17. The third-order valence-corrected chi connectivity index (χ3v) is 3.48. The van der Waals surface area contributed by atoms with Crippen molar-refractivity contribution < 1.29 is 4.39 Å². The van der Waals surface area contributed by atoms with Gasteiger partial charge in [0, 0.05) is 29.0 Å². The van der Waals surface area contributed by atoms with E-state index in [-0.39, 0.29) is 11.9 Å². The maximum atomic E-state index is 14.1. The van der Waals surface area contributed by atoms with Gasteiger partial charge in [0.1, 0.15) is 5.82 Å². The van der Waals surface area contributed by atoms with Crippen molar-refractivity contribution >= 4 is 11.6 Å². The van der Waals surface area contributed by atoms with E-state index in [9.17, 15) is 4.39 Å². The van der Waals surface area contributed by atoms with Crippen LogP contribution in [0.4, 0.5) is 4.39 Å². The molecule has 0 aliphatic carbocycles. The van der Waals surface area contributed by atoms with Crippen molar-refractivity contribution in [1.29, 1.82) is 0 Å². The van der Waals surface area contributed by atoms with Crippen LogP contribution >= 0.6 is 11.6 Å². The Morgan fingerprint density at radius 2 is 2.15 bits per heavy atom. The summed E-state index contributed by atoms with van der Waals surface area (Å²) in [7, 11) is 0. The zero-order valence-electron chi connectivity index (χ0n) is 11.4. The number of nitrogens with zero attached hydrogens (tertiary/aromatic N) is 1. The van der Waals surface area contributed by atoms with E-state index >= 15 is 0 Å². The summed E-state index contributed by atoms with van der Waals surface area (Å²) in [6.45, 7) is 2.90. The van der Waals surface area contributed by atoms with Crippen molar-refractivity contribution in [1.82, 2.24) is 10.3 Å². The summed E-state index contributed by atoms with van der Waals surface area (Å²) in [5, 5.41) is 3.82. The standard InChI is InChI=1S/C16H18ClFN2/c1-2-8-20-15(10-12-5-4-9-19-11-12)16-13(17)6-3-7-14(16)18/h3-7,9,11,15,20H,2,8,10H2,1H3. The molecule has 1 heterocycles. The van der Waals surface area contributed by atoms with E-state index in [4.69, 9.17) is 11.6 Å². The van der Waals surface area contributed by atoms with Crippen LogP contribution in [0, 0.1) is 5.82 Å². The van der Waals surface area contributed by atoms with Crippen molar-refractivity contribution in [2.45, 2.75) is 25.8 Å². The van der Waals surface area contributed by atoms with Gasteiger partial charge in [-0.2, -0.15) is 0 Å². The summed E-state index contributed by atoms with van der Waals surface area (Å²) in [6, 6.07) is 8.53. The molecule has 0 fully saturated rings. The lowest BCUT2D eigenvalue weighted by Crippen LogP contribution is -2.25. The van der Waals surface area contributed by atoms with Crippen molar-refractivity contribution in [3.8, 4) is 0 Å². The molecule has 2 nitrogen and oxygen atoms in total. The molecular formula is C16H18ClFN2. The number of hydrogen-bond acceptors (Lipinski definition) is 2. The third kappa shape index (κ3) is 3.78. The molecular weight excluding hydrogens is 275 g/mol. The summed E-state index contributed by atoms with van der Waals surface area (Å²) in [6.07, 6.45) is 5.17. The summed E-state index contributed by atoms with van der Waals surface area (Å²) in [5.74, 6) is -0.269. The zero-order valence-corrected chi connectivity index (χ0v) is 12.2. The van der Waals surface area contributed by atoms with Crippen LogP contribution in [-0.4, -0.2) is 11.5 Å². The third-order valence-electron chi connectivity index (χ3n) is 3.15. The van der Waals surface area contributed by atoms with Gasteiger partial charge in [0.2, 0.25) is 0 Å². The van der Waals surface area contributed by atoms with Gasteiger partial charge in [0.05, 0.1) is 0 Å². The van der Waals surface area contributed by atoms with Crippen molar-refractivity contribution in [3.05, 3.63) is 64.7 Å². The fraction of sp³-hybridized carbons (Fsp3) is 0.312. The Kier molecular flexibility index (Phi) is 5.50. The van der Waals surface area contributed by atoms with Crippen LogP contribution in [0.3, 0.4) is 0 Å². The zero-order chi connectivity index (χ0) is 14.4. The highest BCUT2D eigenvalue weighted by Gasteiger charge is 2.18. The van der Waals surface area contributed by atoms with Crippen LogP contribution in [0.25, 0.3) is 0 Å². The second-order valence-corrected chi connectivity index (χ2v) is 5.11. The lowest BCUT2D eigenvalue weighted by Gasteiger charge is -2.20. The lowest BCUT2D eigenvalue weighted by molar-refractivity contribution is 0.497. The van der Waals surface area contributed by atoms with E-state index in [1.165, 1.54) is 6.07 Å². The Labute approximate surface area is 124 Å². The van der Waals surface area contributed by atoms with E-state index in [1.54, 1.807) is 24.5 Å². The minimum Gasteiger partial charge on any atom is -0.310 e. The number of pyridine rings is 1. The normalized spacial score (nSPS) is 12.3. The second-order valence-electron chi connectivity index (χ2n) is 4.71. The van der Waals surface area contributed by atoms with E-state index in [1.807, 2.05) is 12.1 Å². The molecule has 106 valence electrons. The van der Waals surface area contributed by atoms with Gasteiger partial charge in [-0.1, -0.05) is 30.7 Å². The van der Waals surface area contributed by atoms with Gasteiger partial charge < -0.3 is 5.32 Å². The SMILES string of the molecule is CCCNC(Cc1cccnc1)c1c(F)cccc1Cl. The van der Waals surface area contributed by atoms with Gasteiger partial charge in [-0.25, -0.2) is 4.39 Å². The van der Waals surface area contributed by atoms with Crippen LogP contribution in [0.15, 0.2) is 42.7 Å². The Bertz CT molecular complexity index is 525. The van der Waals surface area contributed by atoms with Crippen molar-refractivity contribution in [2.75, 3.05) is 6.54 Å². The van der Waals surface area contributed by atoms with Crippen LogP contribution in [0.5, 0.6) is 0 Å². The highest BCUT2D eigenvalue weighted by molar-refractivity contribution is 6.31. The Morgan fingerprint density at radius 3 is 2.80 bits per heavy atom. The molecule has 0 spiro atoms. The minimum absolute atomic E-state index is 0.146. The molecule has 1 aromatic carbocycles. The first kappa shape index (κ1) is 14.9. The van der Waals surface area contributed by atoms with Gasteiger partial charge >= 0.3 is 0 Å². The number of rotatable bonds is 6. The van der Waals surface area contributed by atoms with Gasteiger partial charge in [-0.3, -0.25) is 4.98 Å². The molecule has 0 bridgehead atoms. The molecule has 0 aliphatic rings. The van der Waals surface area contributed by atoms with Crippen LogP contribution in [0.1, 0.15) is 30.5 Å². The maximum absolute atomic E-state index is 14.1. The quantitative estimate of drug-likeness (QED) is 0.865. The average molecular weight is 293 g/mol. The Morgan fingerprint density at radius 1 is 1.30 bits per heavy atom. The van der Waals surface area contributed by atoms with E-state index in [2.05, 4.69) is 17.2 Å². The Balaban J connectivity index is 2.27. The molecule has 2 aromatic rings. The van der Waals surface area contributed by atoms with Gasteiger partial charge in [-0.05, 0) is 43.1 Å². The lowest BCUT2D eigenvalue weighted by atomic mass is 9.99. The molecule has 1 atom stereocenters. The molecule has 0 radical (unpaired) electrons. The molecule has 0 aliphatic heterocycles. The van der Waals surface area contributed by atoms with Crippen molar-refractivity contribution in [2.24, 2.45) is 0 Å². The van der Waals surface area contributed by atoms with Crippen LogP contribution < -0.4 is 5.32 Å². The summed E-state index contributed by atoms with van der Waals surface area (Å²) < 4.78 is 14.1. The number of halogens is 2. The number of nitrogens with one attached hydrogen (secondary N) is 1. The van der Waals surface area contributed by atoms with E-state index in [0.717, 1.165) is 18.5 Å². The summed E-state index contributed by atoms with van der Waals surface area (Å²) in [5.41, 5.74) is 1.59. The largest absolute Gasteiger partial charge is 0.310 e. The summed E-state index contributed by atoms with van der Waals surface area (Å²) in [4.78, 5) is 4.10. The van der Waals surface area contributed by atoms with Gasteiger partial charge in [0.25, 0.3) is 0 Å². The first-order valence-electron chi connectivity index (χ1n) is 6.78. The highest BCUT2D eigenvalue weighted by atomic mass is 35.5. The smallest absolute Gasteiger partial charge is 0.129 e. The fourth-order valence-electron chi connectivity index (χ4n) is 2.19. The van der Waals surface area contributed by atoms with Crippen LogP contribution in [0.2, 0.25) is 5.02 Å². The fourth-order valence-corrected chi connectivity index (χ4v) is 2.49. The Hall–Kier alpha value is -1.45. The first-order chi connectivity index (χ1) is 9.72. The monoisotopic (exact) mass is 292 g/mol. The number of hydrogen-bond donors (Lipinski definition) is 1. The molecule has 1 N–H and O–H groups in total. The maximum Gasteiger partial charge on any atom is 0.129 e. The average Bonchev–Trinajstić information content (AvgIpc) is 2.45. The molecule has 1 aromatic heterocycles. The predicted octanol–water partition coefficient (Wildman–Crippen LogP) is 4.16. The number of benzene rings is 1. The van der Waals surface area contributed by atoms with Gasteiger partial charge in [-0.15, -0.1) is 0 Å². The molecule has 0 saturated heterocycles. The molecule has 4 heteroatoms. The predicted molar refractivity (Wildman–Crippen MR) is 80.4 cm³/mol. The molecule has 1 unspecified atom stereocenters. The van der Waals surface area contributed by atoms with Crippen molar-refractivity contribution in [3.63, 3.8) is 0 Å². The molecule has 2 rings (SSSR count). The topological polar surface area (TPSA) is 24.9 Å². The minimum atomic E-state index is -0.269. The van der Waals surface area contributed by atoms with E-state index in [0.29, 0.717) is 17.0 Å². The number of aromatic nitrogens is 1. The van der Waals surface area contributed by atoms with Gasteiger partial charge in [0.15, 0.2) is 0 Å². The highest BCUT2D eigenvalue weighted by Crippen LogP contribution is 2.28. The first-order valence-corrected chi connectivity index (χ1v) is 7.16. The molecule has 0 amide bonds. The van der Waals surface area contributed by atoms with Crippen LogP contribution in [-0.2, 0) is 6.42 Å². The molecule has 0 saturated carbocycles. The van der Waals surface area contributed by atoms with E-state index < -0.39 is 0 Å².